The lowest BCUT2D eigenvalue weighted by molar-refractivity contribution is -0.153. The quantitative estimate of drug-likeness (QED) is 0.834. The summed E-state index contributed by atoms with van der Waals surface area (Å²) in [6.45, 7) is 0. The van der Waals surface area contributed by atoms with Gasteiger partial charge in [0, 0.05) is 33.0 Å². The molecule has 2 aromatic heterocycles. The Bertz CT molecular complexity index is 689. The second-order valence-corrected chi connectivity index (χ2v) is 6.11. The van der Waals surface area contributed by atoms with Crippen LogP contribution < -0.4 is 0 Å². The summed E-state index contributed by atoms with van der Waals surface area (Å²) in [5.74, 6) is -1.60. The molecule has 0 N–H and O–H groups in total. The standard InChI is InChI=1S/C15H19F3N4O2/c1-22-8-7-19-12(22)10(15(16,17)18)9-11-20-13(21-24-11)14(23-2)5-3-4-6-14/h7-8,10H,3-6,9H2,1-2H3. The summed E-state index contributed by atoms with van der Waals surface area (Å²) in [5, 5.41) is 3.87. The minimum absolute atomic E-state index is 0.0568. The molecule has 1 aliphatic rings. The molecular formula is C15H19F3N4O2. The van der Waals surface area contributed by atoms with Crippen LogP contribution in [0.4, 0.5) is 13.2 Å². The molecule has 0 bridgehead atoms. The van der Waals surface area contributed by atoms with Gasteiger partial charge in [-0.1, -0.05) is 5.16 Å². The highest BCUT2D eigenvalue weighted by Gasteiger charge is 2.45. The van der Waals surface area contributed by atoms with Crippen molar-refractivity contribution in [2.75, 3.05) is 7.11 Å². The van der Waals surface area contributed by atoms with E-state index in [-0.39, 0.29) is 11.7 Å². The van der Waals surface area contributed by atoms with E-state index >= 15 is 0 Å². The highest BCUT2D eigenvalue weighted by molar-refractivity contribution is 5.09. The second-order valence-electron chi connectivity index (χ2n) is 6.11. The summed E-state index contributed by atoms with van der Waals surface area (Å²) in [4.78, 5) is 8.01. The smallest absolute Gasteiger partial charge is 0.370 e. The van der Waals surface area contributed by atoms with Gasteiger partial charge in [-0.2, -0.15) is 18.2 Å². The Morgan fingerprint density at radius 3 is 2.62 bits per heavy atom. The van der Waals surface area contributed by atoms with Crippen LogP contribution in [-0.2, 0) is 23.8 Å². The van der Waals surface area contributed by atoms with Gasteiger partial charge in [-0.3, -0.25) is 0 Å². The third-order valence-electron chi connectivity index (χ3n) is 4.62. The van der Waals surface area contributed by atoms with Crippen molar-refractivity contribution in [1.29, 1.82) is 0 Å². The minimum Gasteiger partial charge on any atom is -0.370 e. The van der Waals surface area contributed by atoms with E-state index in [9.17, 15) is 13.2 Å². The monoisotopic (exact) mass is 344 g/mol. The molecule has 1 atom stereocenters. The number of methoxy groups -OCH3 is 1. The summed E-state index contributed by atoms with van der Waals surface area (Å²) >= 11 is 0. The molecular weight excluding hydrogens is 325 g/mol. The van der Waals surface area contributed by atoms with Crippen LogP contribution in [-0.4, -0.2) is 33.0 Å². The lowest BCUT2D eigenvalue weighted by Crippen LogP contribution is -2.27. The van der Waals surface area contributed by atoms with Gasteiger partial charge in [-0.15, -0.1) is 0 Å². The molecule has 132 valence electrons. The van der Waals surface area contributed by atoms with Crippen LogP contribution in [0.15, 0.2) is 16.9 Å². The van der Waals surface area contributed by atoms with Crippen LogP contribution in [0, 0.1) is 0 Å². The summed E-state index contributed by atoms with van der Waals surface area (Å²) < 4.78 is 52.3. The van der Waals surface area contributed by atoms with E-state index in [2.05, 4.69) is 15.1 Å². The van der Waals surface area contributed by atoms with Crippen molar-refractivity contribution in [3.8, 4) is 0 Å². The van der Waals surface area contributed by atoms with Gasteiger partial charge in [0.25, 0.3) is 0 Å². The molecule has 0 amide bonds. The molecule has 1 saturated carbocycles. The first-order chi connectivity index (χ1) is 11.4. The molecule has 2 aromatic rings. The summed E-state index contributed by atoms with van der Waals surface area (Å²) in [7, 11) is 3.09. The van der Waals surface area contributed by atoms with E-state index in [0.29, 0.717) is 5.82 Å². The van der Waals surface area contributed by atoms with Crippen molar-refractivity contribution in [2.24, 2.45) is 7.05 Å². The van der Waals surface area contributed by atoms with Crippen LogP contribution in [0.25, 0.3) is 0 Å². The first-order valence-electron chi connectivity index (χ1n) is 7.78. The molecule has 0 radical (unpaired) electrons. The molecule has 2 heterocycles. The number of imidazole rings is 1. The summed E-state index contributed by atoms with van der Waals surface area (Å²) in [6.07, 6.45) is 1.33. The molecule has 1 aliphatic carbocycles. The average molecular weight is 344 g/mol. The van der Waals surface area contributed by atoms with Gasteiger partial charge in [0.15, 0.2) is 0 Å². The molecule has 0 saturated heterocycles. The first-order valence-corrected chi connectivity index (χ1v) is 7.78. The summed E-state index contributed by atoms with van der Waals surface area (Å²) in [6, 6.07) is 0. The van der Waals surface area contributed by atoms with Crippen molar-refractivity contribution in [2.45, 2.75) is 49.8 Å². The summed E-state index contributed by atoms with van der Waals surface area (Å²) in [5.41, 5.74) is -0.640. The van der Waals surface area contributed by atoms with Gasteiger partial charge in [0.1, 0.15) is 17.3 Å². The van der Waals surface area contributed by atoms with E-state index in [1.807, 2.05) is 0 Å². The fraction of sp³-hybridized carbons (Fsp3) is 0.667. The van der Waals surface area contributed by atoms with Gasteiger partial charge in [-0.25, -0.2) is 4.98 Å². The van der Waals surface area contributed by atoms with Gasteiger partial charge < -0.3 is 13.8 Å². The van der Waals surface area contributed by atoms with Crippen molar-refractivity contribution < 1.29 is 22.4 Å². The maximum absolute atomic E-state index is 13.4. The van der Waals surface area contributed by atoms with Crippen molar-refractivity contribution in [1.82, 2.24) is 19.7 Å². The number of hydrogen-bond donors (Lipinski definition) is 0. The second kappa shape index (κ2) is 6.19. The number of aromatic nitrogens is 4. The normalized spacial score (nSPS) is 18.9. The predicted octanol–water partition coefficient (Wildman–Crippen LogP) is 3.11. The molecule has 1 fully saturated rings. The van der Waals surface area contributed by atoms with E-state index in [0.717, 1.165) is 25.7 Å². The number of halogens is 3. The number of rotatable bonds is 5. The lowest BCUT2D eigenvalue weighted by Gasteiger charge is -2.22. The fourth-order valence-corrected chi connectivity index (χ4v) is 3.23. The Balaban J connectivity index is 1.85. The van der Waals surface area contributed by atoms with E-state index in [1.54, 1.807) is 7.11 Å². The molecule has 1 unspecified atom stereocenters. The van der Waals surface area contributed by atoms with E-state index in [1.165, 1.54) is 24.0 Å². The average Bonchev–Trinajstić information content (AvgIpc) is 3.24. The number of ether oxygens (including phenoxy) is 1. The zero-order chi connectivity index (χ0) is 17.4. The van der Waals surface area contributed by atoms with Crippen molar-refractivity contribution in [3.63, 3.8) is 0 Å². The highest BCUT2D eigenvalue weighted by atomic mass is 19.4. The largest absolute Gasteiger partial charge is 0.399 e. The third-order valence-corrected chi connectivity index (χ3v) is 4.62. The number of nitrogens with zero attached hydrogens (tertiary/aromatic N) is 4. The van der Waals surface area contributed by atoms with Gasteiger partial charge >= 0.3 is 6.18 Å². The Hall–Kier alpha value is -1.90. The first kappa shape index (κ1) is 16.9. The van der Waals surface area contributed by atoms with Gasteiger partial charge in [0.2, 0.25) is 11.7 Å². The Morgan fingerprint density at radius 1 is 1.38 bits per heavy atom. The molecule has 0 spiro atoms. The fourth-order valence-electron chi connectivity index (χ4n) is 3.23. The van der Waals surface area contributed by atoms with Crippen molar-refractivity contribution >= 4 is 0 Å². The van der Waals surface area contributed by atoms with Gasteiger partial charge in [-0.05, 0) is 25.7 Å². The number of alkyl halides is 3. The minimum atomic E-state index is -4.46. The molecule has 0 aliphatic heterocycles. The molecule has 0 aromatic carbocycles. The Morgan fingerprint density at radius 2 is 2.08 bits per heavy atom. The molecule has 3 rings (SSSR count). The number of hydrogen-bond acceptors (Lipinski definition) is 5. The molecule has 9 heteroatoms. The Kier molecular flexibility index (Phi) is 4.37. The SMILES string of the molecule is COC1(c2noc(CC(c3nccn3C)C(F)(F)F)n2)CCCC1. The van der Waals surface area contributed by atoms with Crippen LogP contribution in [0.5, 0.6) is 0 Å². The van der Waals surface area contributed by atoms with Crippen LogP contribution in [0.3, 0.4) is 0 Å². The van der Waals surface area contributed by atoms with Gasteiger partial charge in [0.05, 0.1) is 0 Å². The molecule has 6 nitrogen and oxygen atoms in total. The maximum atomic E-state index is 13.4. The number of aryl methyl sites for hydroxylation is 1. The Labute approximate surface area is 137 Å². The lowest BCUT2D eigenvalue weighted by atomic mass is 10.0. The van der Waals surface area contributed by atoms with E-state index < -0.39 is 24.1 Å². The van der Waals surface area contributed by atoms with E-state index in [4.69, 9.17) is 9.26 Å². The van der Waals surface area contributed by atoms with Crippen molar-refractivity contribution in [3.05, 3.63) is 29.9 Å². The topological polar surface area (TPSA) is 66.0 Å². The predicted molar refractivity (Wildman–Crippen MR) is 77.2 cm³/mol. The zero-order valence-corrected chi connectivity index (χ0v) is 13.5. The van der Waals surface area contributed by atoms with Crippen LogP contribution >= 0.6 is 0 Å². The van der Waals surface area contributed by atoms with Crippen LogP contribution in [0.2, 0.25) is 0 Å². The highest BCUT2D eigenvalue weighted by Crippen LogP contribution is 2.41. The van der Waals surface area contributed by atoms with Crippen LogP contribution in [0.1, 0.15) is 49.1 Å². The third kappa shape index (κ3) is 3.04. The maximum Gasteiger partial charge on any atom is 0.399 e. The molecule has 24 heavy (non-hydrogen) atoms. The zero-order valence-electron chi connectivity index (χ0n) is 13.5.